The van der Waals surface area contributed by atoms with Gasteiger partial charge in [0.05, 0.1) is 4.90 Å². The minimum atomic E-state index is -3.71. The number of nitrogens with zero attached hydrogens (tertiary/aromatic N) is 2. The molecule has 0 saturated carbocycles. The van der Waals surface area contributed by atoms with E-state index >= 15 is 0 Å². The summed E-state index contributed by atoms with van der Waals surface area (Å²) in [5.74, 6) is -0.259. The van der Waals surface area contributed by atoms with Crippen molar-refractivity contribution in [1.82, 2.24) is 20.7 Å². The molecule has 4 N–H and O–H groups in total. The number of amides is 1. The van der Waals surface area contributed by atoms with Gasteiger partial charge in [-0.05, 0) is 35.9 Å². The molecule has 1 aromatic heterocycles. The van der Waals surface area contributed by atoms with Crippen molar-refractivity contribution < 1.29 is 13.2 Å². The van der Waals surface area contributed by atoms with Crippen molar-refractivity contribution in [3.63, 3.8) is 0 Å². The first kappa shape index (κ1) is 15.1. The summed E-state index contributed by atoms with van der Waals surface area (Å²) in [6.45, 7) is 0.264. The molecule has 0 aliphatic rings. The molecule has 0 atom stereocenters. The van der Waals surface area contributed by atoms with Gasteiger partial charge in [0.2, 0.25) is 10.0 Å². The second-order valence-electron chi connectivity index (χ2n) is 4.90. The van der Waals surface area contributed by atoms with E-state index in [0.29, 0.717) is 16.6 Å². The Balaban J connectivity index is 1.68. The van der Waals surface area contributed by atoms with Gasteiger partial charge < -0.3 is 5.32 Å². The van der Waals surface area contributed by atoms with E-state index in [2.05, 4.69) is 20.7 Å². The van der Waals surface area contributed by atoms with Crippen LogP contribution >= 0.6 is 0 Å². The highest BCUT2D eigenvalue weighted by molar-refractivity contribution is 7.89. The summed E-state index contributed by atoms with van der Waals surface area (Å²) >= 11 is 0. The first-order valence-electron chi connectivity index (χ1n) is 6.64. The second kappa shape index (κ2) is 5.78. The van der Waals surface area contributed by atoms with Crippen LogP contribution < -0.4 is 10.5 Å². The summed E-state index contributed by atoms with van der Waals surface area (Å²) in [4.78, 5) is 12.2. The maximum absolute atomic E-state index is 12.1. The van der Waals surface area contributed by atoms with Crippen LogP contribution in [-0.4, -0.2) is 29.7 Å². The number of carbonyl (C=O) groups is 1. The van der Waals surface area contributed by atoms with Gasteiger partial charge in [-0.15, -0.1) is 0 Å². The quantitative estimate of drug-likeness (QED) is 0.642. The van der Waals surface area contributed by atoms with Crippen molar-refractivity contribution in [3.8, 4) is 0 Å². The van der Waals surface area contributed by atoms with Gasteiger partial charge in [-0.25, -0.2) is 13.6 Å². The molecule has 23 heavy (non-hydrogen) atoms. The number of aromatic amines is 1. The van der Waals surface area contributed by atoms with Crippen LogP contribution in [0.3, 0.4) is 0 Å². The third-order valence-electron chi connectivity index (χ3n) is 3.28. The van der Waals surface area contributed by atoms with Gasteiger partial charge in [0.1, 0.15) is 11.0 Å². The first-order valence-corrected chi connectivity index (χ1v) is 8.18. The number of rotatable bonds is 4. The monoisotopic (exact) mass is 331 g/mol. The van der Waals surface area contributed by atoms with Gasteiger partial charge in [0.25, 0.3) is 5.91 Å². The molecule has 3 aromatic rings. The fraction of sp³-hybridized carbons (Fsp3) is 0.0714. The summed E-state index contributed by atoms with van der Waals surface area (Å²) in [5, 5.41) is 18.1. The molecule has 9 heteroatoms. The number of nitrogens with two attached hydrogens (primary N) is 1. The predicted molar refractivity (Wildman–Crippen MR) is 82.9 cm³/mol. The molecule has 2 aromatic carbocycles. The number of fused-ring (bicyclic) bond motifs is 1. The Labute approximate surface area is 131 Å². The number of H-pyrrole nitrogens is 1. The highest BCUT2D eigenvalue weighted by atomic mass is 32.2. The Morgan fingerprint density at radius 1 is 1.09 bits per heavy atom. The molecular weight excluding hydrogens is 318 g/mol. The van der Waals surface area contributed by atoms with Crippen LogP contribution in [-0.2, 0) is 16.6 Å². The lowest BCUT2D eigenvalue weighted by Crippen LogP contribution is -2.22. The minimum Gasteiger partial charge on any atom is -0.348 e. The molecular formula is C14H13N5O3S. The van der Waals surface area contributed by atoms with Crippen molar-refractivity contribution in [2.75, 3.05) is 0 Å². The van der Waals surface area contributed by atoms with E-state index in [4.69, 9.17) is 5.14 Å². The molecule has 0 bridgehead atoms. The SMILES string of the molecule is NS(=O)(=O)c1ccc(CNC(=O)c2ccc3n[nH]nc3c2)cc1. The topological polar surface area (TPSA) is 131 Å². The fourth-order valence-corrected chi connectivity index (χ4v) is 2.58. The Bertz CT molecular complexity index is 964. The minimum absolute atomic E-state index is 0.0315. The number of hydrogen-bond donors (Lipinski definition) is 3. The van der Waals surface area contributed by atoms with Crippen LogP contribution in [0.4, 0.5) is 0 Å². The van der Waals surface area contributed by atoms with Gasteiger partial charge in [0.15, 0.2) is 0 Å². The lowest BCUT2D eigenvalue weighted by atomic mass is 10.1. The summed E-state index contributed by atoms with van der Waals surface area (Å²) < 4.78 is 22.3. The van der Waals surface area contributed by atoms with Crippen molar-refractivity contribution in [2.24, 2.45) is 5.14 Å². The smallest absolute Gasteiger partial charge is 0.251 e. The Hall–Kier alpha value is -2.78. The zero-order chi connectivity index (χ0) is 16.4. The average molecular weight is 331 g/mol. The zero-order valence-corrected chi connectivity index (χ0v) is 12.7. The maximum Gasteiger partial charge on any atom is 0.251 e. The predicted octanol–water partition coefficient (Wildman–Crippen LogP) is 0.535. The number of nitrogens with one attached hydrogen (secondary N) is 2. The van der Waals surface area contributed by atoms with E-state index in [9.17, 15) is 13.2 Å². The molecule has 0 unspecified atom stereocenters. The zero-order valence-electron chi connectivity index (χ0n) is 11.9. The van der Waals surface area contributed by atoms with Crippen molar-refractivity contribution in [3.05, 3.63) is 53.6 Å². The Kier molecular flexibility index (Phi) is 3.80. The molecule has 0 aliphatic carbocycles. The van der Waals surface area contributed by atoms with Crippen LogP contribution in [0.25, 0.3) is 11.0 Å². The highest BCUT2D eigenvalue weighted by Gasteiger charge is 2.09. The molecule has 0 radical (unpaired) electrons. The third-order valence-corrected chi connectivity index (χ3v) is 4.21. The second-order valence-corrected chi connectivity index (χ2v) is 6.46. The van der Waals surface area contributed by atoms with Crippen LogP contribution in [0.2, 0.25) is 0 Å². The lowest BCUT2D eigenvalue weighted by molar-refractivity contribution is 0.0951. The van der Waals surface area contributed by atoms with Crippen molar-refractivity contribution in [2.45, 2.75) is 11.4 Å². The number of aromatic nitrogens is 3. The number of hydrogen-bond acceptors (Lipinski definition) is 5. The van der Waals surface area contributed by atoms with E-state index in [1.807, 2.05) is 0 Å². The number of sulfonamides is 1. The summed E-state index contributed by atoms with van der Waals surface area (Å²) in [6.07, 6.45) is 0. The van der Waals surface area contributed by atoms with Crippen molar-refractivity contribution in [1.29, 1.82) is 0 Å². The maximum atomic E-state index is 12.1. The van der Waals surface area contributed by atoms with Crippen LogP contribution in [0.15, 0.2) is 47.4 Å². The van der Waals surface area contributed by atoms with Gasteiger partial charge >= 0.3 is 0 Å². The Morgan fingerprint density at radius 2 is 1.78 bits per heavy atom. The van der Waals surface area contributed by atoms with Gasteiger partial charge in [-0.1, -0.05) is 12.1 Å². The fourth-order valence-electron chi connectivity index (χ4n) is 2.06. The van der Waals surface area contributed by atoms with E-state index in [1.54, 1.807) is 30.3 Å². The van der Waals surface area contributed by atoms with Crippen LogP contribution in [0, 0.1) is 0 Å². The molecule has 1 amide bonds. The number of carbonyl (C=O) groups excluding carboxylic acids is 1. The van der Waals surface area contributed by atoms with Gasteiger partial charge in [-0.2, -0.15) is 15.4 Å². The van der Waals surface area contributed by atoms with E-state index in [0.717, 1.165) is 5.56 Å². The summed E-state index contributed by atoms with van der Waals surface area (Å²) in [6, 6.07) is 11.0. The van der Waals surface area contributed by atoms with Crippen LogP contribution in [0.5, 0.6) is 0 Å². The third kappa shape index (κ3) is 3.35. The van der Waals surface area contributed by atoms with Gasteiger partial charge in [0, 0.05) is 12.1 Å². The van der Waals surface area contributed by atoms with Gasteiger partial charge in [-0.3, -0.25) is 4.79 Å². The number of benzene rings is 2. The molecule has 1 heterocycles. The molecule has 8 nitrogen and oxygen atoms in total. The lowest BCUT2D eigenvalue weighted by Gasteiger charge is -2.06. The summed E-state index contributed by atoms with van der Waals surface area (Å²) in [5.41, 5.74) is 2.51. The normalized spacial score (nSPS) is 11.5. The van der Waals surface area contributed by atoms with E-state index in [-0.39, 0.29) is 17.3 Å². The van der Waals surface area contributed by atoms with Crippen LogP contribution in [0.1, 0.15) is 15.9 Å². The molecule has 0 saturated heterocycles. The molecule has 0 spiro atoms. The average Bonchev–Trinajstić information content (AvgIpc) is 2.99. The standard InChI is InChI=1S/C14H13N5O3S/c15-23(21,22)11-4-1-9(2-5-11)8-16-14(20)10-3-6-12-13(7-10)18-19-17-12/h1-7H,8H2,(H,16,20)(H2,15,21,22)(H,17,18,19). The molecule has 3 rings (SSSR count). The Morgan fingerprint density at radius 3 is 2.48 bits per heavy atom. The first-order chi connectivity index (χ1) is 10.9. The largest absolute Gasteiger partial charge is 0.348 e. The van der Waals surface area contributed by atoms with Crippen molar-refractivity contribution >= 4 is 27.0 Å². The number of primary sulfonamides is 1. The molecule has 0 aliphatic heterocycles. The highest BCUT2D eigenvalue weighted by Crippen LogP contribution is 2.11. The molecule has 118 valence electrons. The molecule has 0 fully saturated rings. The van der Waals surface area contributed by atoms with E-state index < -0.39 is 10.0 Å². The summed E-state index contributed by atoms with van der Waals surface area (Å²) in [7, 11) is -3.71. The van der Waals surface area contributed by atoms with E-state index in [1.165, 1.54) is 12.1 Å².